The average molecular weight is 403 g/mol. The van der Waals surface area contributed by atoms with Crippen LogP contribution in [0.3, 0.4) is 0 Å². The zero-order chi connectivity index (χ0) is 20.4. The van der Waals surface area contributed by atoms with E-state index in [9.17, 15) is 14.7 Å². The van der Waals surface area contributed by atoms with Crippen LogP contribution in [0.15, 0.2) is 35.1 Å². The van der Waals surface area contributed by atoms with Gasteiger partial charge in [-0.15, -0.1) is 0 Å². The van der Waals surface area contributed by atoms with Crippen molar-refractivity contribution in [1.29, 1.82) is 0 Å². The summed E-state index contributed by atoms with van der Waals surface area (Å²) in [5.74, 6) is -0.747. The summed E-state index contributed by atoms with van der Waals surface area (Å²) in [6.45, 7) is 0. The predicted molar refractivity (Wildman–Crippen MR) is 104 cm³/mol. The molecule has 9 heteroatoms. The first-order valence-electron chi connectivity index (χ1n) is 7.94. The molecule has 3 aromatic rings. The van der Waals surface area contributed by atoms with E-state index in [-0.39, 0.29) is 22.2 Å². The van der Waals surface area contributed by atoms with Crippen LogP contribution in [0.25, 0.3) is 22.0 Å². The minimum absolute atomic E-state index is 0.0795. The van der Waals surface area contributed by atoms with E-state index in [0.29, 0.717) is 28.0 Å². The first-order valence-corrected chi connectivity index (χ1v) is 8.31. The molecule has 1 aromatic heterocycles. The molecule has 0 amide bonds. The molecule has 2 aromatic carbocycles. The molecule has 0 atom stereocenters. The number of H-pyrrole nitrogens is 1. The molecule has 0 unspecified atom stereocenters. The molecule has 0 bridgehead atoms. The lowest BCUT2D eigenvalue weighted by atomic mass is 10.1. The first kappa shape index (κ1) is 19.2. The summed E-state index contributed by atoms with van der Waals surface area (Å²) >= 11 is 6.28. The molecule has 3 rings (SSSR count). The van der Waals surface area contributed by atoms with Crippen LogP contribution < -0.4 is 15.0 Å². The van der Waals surface area contributed by atoms with Crippen molar-refractivity contribution in [2.45, 2.75) is 0 Å². The Labute approximate surface area is 163 Å². The monoisotopic (exact) mass is 402 g/mol. The van der Waals surface area contributed by atoms with Crippen molar-refractivity contribution in [3.8, 4) is 17.2 Å². The lowest BCUT2D eigenvalue weighted by Gasteiger charge is -2.09. The van der Waals surface area contributed by atoms with E-state index >= 15 is 0 Å². The van der Waals surface area contributed by atoms with E-state index < -0.39 is 11.5 Å². The van der Waals surface area contributed by atoms with Crippen LogP contribution >= 0.6 is 11.6 Å². The van der Waals surface area contributed by atoms with Crippen molar-refractivity contribution in [2.75, 3.05) is 14.2 Å². The van der Waals surface area contributed by atoms with Crippen molar-refractivity contribution in [3.05, 3.63) is 57.6 Å². The average Bonchev–Trinajstić information content (AvgIpc) is 2.68. The Bertz CT molecular complexity index is 1170. The highest BCUT2D eigenvalue weighted by atomic mass is 35.5. The van der Waals surface area contributed by atoms with E-state index in [1.807, 2.05) is 0 Å². The minimum atomic E-state index is -1.28. The second kappa shape index (κ2) is 7.61. The topological polar surface area (TPSA) is 122 Å². The number of carboxylic acids is 1. The second-order valence-corrected chi connectivity index (χ2v) is 6.12. The Kier molecular flexibility index (Phi) is 5.23. The van der Waals surface area contributed by atoms with Crippen LogP contribution in [0.2, 0.25) is 0 Å². The number of aromatic carboxylic acids is 1. The molecule has 0 spiro atoms. The number of carboxylic acid groups (broad SMARTS) is 1. The largest absolute Gasteiger partial charge is 0.507 e. The highest BCUT2D eigenvalue weighted by Crippen LogP contribution is 2.31. The Morgan fingerprint density at radius 1 is 1.18 bits per heavy atom. The number of hydrogen-bond acceptors (Lipinski definition) is 6. The van der Waals surface area contributed by atoms with Gasteiger partial charge in [-0.3, -0.25) is 4.79 Å². The maximum atomic E-state index is 12.4. The fourth-order valence-corrected chi connectivity index (χ4v) is 2.82. The van der Waals surface area contributed by atoms with Gasteiger partial charge in [0.25, 0.3) is 5.56 Å². The van der Waals surface area contributed by atoms with Crippen molar-refractivity contribution in [3.63, 3.8) is 0 Å². The summed E-state index contributed by atoms with van der Waals surface area (Å²) in [7, 11) is 2.93. The van der Waals surface area contributed by atoms with Gasteiger partial charge in [0, 0.05) is 6.07 Å². The van der Waals surface area contributed by atoms with Gasteiger partial charge in [0.05, 0.1) is 30.2 Å². The molecule has 28 heavy (non-hydrogen) atoms. The number of aromatic nitrogens is 2. The summed E-state index contributed by atoms with van der Waals surface area (Å²) in [4.78, 5) is 30.5. The van der Waals surface area contributed by atoms with Gasteiger partial charge in [0.2, 0.25) is 0 Å². The SMILES string of the molecule is COc1cc2nc(C(Cl)=Cc3ccc(O)c(C(=O)O)c3)[nH]c(=O)c2cc1OC. The van der Waals surface area contributed by atoms with Crippen molar-refractivity contribution >= 4 is 39.6 Å². The summed E-state index contributed by atoms with van der Waals surface area (Å²) in [6.07, 6.45) is 1.43. The zero-order valence-electron chi connectivity index (χ0n) is 14.8. The van der Waals surface area contributed by atoms with Gasteiger partial charge in [0.1, 0.15) is 11.3 Å². The predicted octanol–water partition coefficient (Wildman–Crippen LogP) is 3.08. The van der Waals surface area contributed by atoms with Gasteiger partial charge in [-0.1, -0.05) is 17.7 Å². The number of fused-ring (bicyclic) bond motifs is 1. The Balaban J connectivity index is 2.10. The second-order valence-electron chi connectivity index (χ2n) is 5.71. The van der Waals surface area contributed by atoms with Crippen LogP contribution in [-0.2, 0) is 0 Å². The Hall–Kier alpha value is -3.52. The number of methoxy groups -OCH3 is 2. The van der Waals surface area contributed by atoms with Crippen molar-refractivity contribution in [2.24, 2.45) is 0 Å². The fourth-order valence-electron chi connectivity index (χ4n) is 2.61. The number of carbonyl (C=O) groups is 1. The molecule has 0 saturated carbocycles. The quantitative estimate of drug-likeness (QED) is 0.599. The van der Waals surface area contributed by atoms with Crippen LogP contribution in [0.4, 0.5) is 0 Å². The molecule has 144 valence electrons. The maximum absolute atomic E-state index is 12.4. The first-order chi connectivity index (χ1) is 13.3. The number of nitrogens with zero attached hydrogens (tertiary/aromatic N) is 1. The summed E-state index contributed by atoms with van der Waals surface area (Å²) < 4.78 is 10.4. The molecule has 0 aliphatic carbocycles. The third-order valence-corrected chi connectivity index (χ3v) is 4.27. The van der Waals surface area contributed by atoms with Gasteiger partial charge in [-0.25, -0.2) is 9.78 Å². The van der Waals surface area contributed by atoms with Gasteiger partial charge >= 0.3 is 5.97 Å². The highest BCUT2D eigenvalue weighted by molar-refractivity contribution is 6.50. The molecule has 1 heterocycles. The van der Waals surface area contributed by atoms with Crippen molar-refractivity contribution in [1.82, 2.24) is 9.97 Å². The summed E-state index contributed by atoms with van der Waals surface area (Å²) in [5.41, 5.74) is 0.0644. The Morgan fingerprint density at radius 2 is 1.86 bits per heavy atom. The molecular formula is C19H15ClN2O6. The number of aromatic amines is 1. The number of ether oxygens (including phenoxy) is 2. The van der Waals surface area contributed by atoms with E-state index in [1.54, 1.807) is 6.07 Å². The number of hydrogen-bond donors (Lipinski definition) is 3. The minimum Gasteiger partial charge on any atom is -0.507 e. The molecule has 0 radical (unpaired) electrons. The van der Waals surface area contributed by atoms with Gasteiger partial charge in [-0.05, 0) is 29.8 Å². The summed E-state index contributed by atoms with van der Waals surface area (Å²) in [6, 6.07) is 7.05. The number of rotatable bonds is 5. The van der Waals surface area contributed by atoms with Gasteiger partial charge < -0.3 is 24.7 Å². The van der Waals surface area contributed by atoms with E-state index in [0.717, 1.165) is 0 Å². The molecule has 0 aliphatic heterocycles. The third kappa shape index (κ3) is 3.63. The molecule has 0 aliphatic rings. The number of benzene rings is 2. The third-order valence-electron chi connectivity index (χ3n) is 3.98. The molecule has 0 saturated heterocycles. The van der Waals surface area contributed by atoms with Crippen LogP contribution in [0, 0.1) is 0 Å². The van der Waals surface area contributed by atoms with Crippen molar-refractivity contribution < 1.29 is 24.5 Å². The van der Waals surface area contributed by atoms with E-state index in [4.69, 9.17) is 26.2 Å². The van der Waals surface area contributed by atoms with Crippen LogP contribution in [0.1, 0.15) is 21.7 Å². The molecular weight excluding hydrogens is 388 g/mol. The van der Waals surface area contributed by atoms with Crippen LogP contribution in [-0.4, -0.2) is 40.4 Å². The van der Waals surface area contributed by atoms with E-state index in [1.165, 1.54) is 44.6 Å². The number of aromatic hydroxyl groups is 1. The fraction of sp³-hybridized carbons (Fsp3) is 0.105. The Morgan fingerprint density at radius 3 is 2.50 bits per heavy atom. The maximum Gasteiger partial charge on any atom is 0.339 e. The van der Waals surface area contributed by atoms with E-state index in [2.05, 4.69) is 9.97 Å². The lowest BCUT2D eigenvalue weighted by molar-refractivity contribution is 0.0693. The number of halogens is 1. The summed E-state index contributed by atoms with van der Waals surface area (Å²) in [5, 5.41) is 19.1. The molecule has 0 fully saturated rings. The number of phenols is 1. The standard InChI is InChI=1S/C19H15ClN2O6/c1-27-15-7-10-13(8-16(15)28-2)21-17(22-18(10)24)12(20)6-9-3-4-14(23)11(5-9)19(25)26/h3-8,23H,1-2H3,(H,25,26)(H,21,22,24). The zero-order valence-corrected chi connectivity index (χ0v) is 15.6. The van der Waals surface area contributed by atoms with Gasteiger partial charge in [-0.2, -0.15) is 0 Å². The van der Waals surface area contributed by atoms with Crippen LogP contribution in [0.5, 0.6) is 17.2 Å². The smallest absolute Gasteiger partial charge is 0.339 e. The number of nitrogens with one attached hydrogen (secondary N) is 1. The normalized spacial score (nSPS) is 11.5. The highest BCUT2D eigenvalue weighted by Gasteiger charge is 2.13. The molecule has 3 N–H and O–H groups in total. The lowest BCUT2D eigenvalue weighted by Crippen LogP contribution is -2.11. The molecule has 8 nitrogen and oxygen atoms in total. The van der Waals surface area contributed by atoms with Gasteiger partial charge in [0.15, 0.2) is 17.3 Å².